The van der Waals surface area contributed by atoms with Crippen LogP contribution in [0.4, 0.5) is 0 Å². The number of nitrogens with two attached hydrogens (primary N) is 1. The van der Waals surface area contributed by atoms with Crippen molar-refractivity contribution in [2.45, 2.75) is 32.3 Å². The van der Waals surface area contributed by atoms with Crippen LogP contribution in [0.15, 0.2) is 0 Å². The van der Waals surface area contributed by atoms with Gasteiger partial charge in [-0.15, -0.1) is 0 Å². The molecule has 1 saturated heterocycles. The average Bonchev–Trinajstić information content (AvgIpc) is 2.34. The lowest BCUT2D eigenvalue weighted by molar-refractivity contribution is 0.00112. The predicted molar refractivity (Wildman–Crippen MR) is 63.4 cm³/mol. The molecule has 1 fully saturated rings. The summed E-state index contributed by atoms with van der Waals surface area (Å²) in [5.41, 5.74) is 5.59. The molecule has 0 spiro atoms. The highest BCUT2D eigenvalue weighted by atomic mass is 16.5. The molecule has 4 heteroatoms. The summed E-state index contributed by atoms with van der Waals surface area (Å²) in [5.74, 6) is 0.678. The Hall–Kier alpha value is -0.160. The minimum atomic E-state index is 0.152. The molecule has 0 aromatic heterocycles. The van der Waals surface area contributed by atoms with Crippen LogP contribution in [0.2, 0.25) is 0 Å². The quantitative estimate of drug-likeness (QED) is 0.637. The number of hydrogen-bond donors (Lipinski definition) is 1. The van der Waals surface area contributed by atoms with Gasteiger partial charge in [-0.3, -0.25) is 0 Å². The molecular weight excluding hydrogens is 206 g/mol. The van der Waals surface area contributed by atoms with Crippen molar-refractivity contribution in [3.8, 4) is 0 Å². The van der Waals surface area contributed by atoms with Gasteiger partial charge in [0, 0.05) is 39.6 Å². The molecule has 96 valence electrons. The molecule has 0 bridgehead atoms. The van der Waals surface area contributed by atoms with Crippen LogP contribution in [0.3, 0.4) is 0 Å². The molecule has 1 rings (SSSR count). The Balaban J connectivity index is 1.97. The molecule has 0 aromatic carbocycles. The normalized spacial score (nSPS) is 19.9. The molecule has 1 unspecified atom stereocenters. The summed E-state index contributed by atoms with van der Waals surface area (Å²) in [6, 6.07) is 0. The second-order valence-corrected chi connectivity index (χ2v) is 4.23. The van der Waals surface area contributed by atoms with Crippen molar-refractivity contribution in [1.29, 1.82) is 0 Å². The summed E-state index contributed by atoms with van der Waals surface area (Å²) in [6.07, 6.45) is 3.31. The van der Waals surface area contributed by atoms with Crippen molar-refractivity contribution in [3.63, 3.8) is 0 Å². The van der Waals surface area contributed by atoms with Crippen molar-refractivity contribution >= 4 is 0 Å². The maximum absolute atomic E-state index is 5.66. The summed E-state index contributed by atoms with van der Waals surface area (Å²) < 4.78 is 16.4. The summed E-state index contributed by atoms with van der Waals surface area (Å²) in [7, 11) is 0. The number of ether oxygens (including phenoxy) is 3. The molecule has 2 N–H and O–H groups in total. The molecule has 0 aromatic rings. The van der Waals surface area contributed by atoms with Crippen LogP contribution < -0.4 is 5.73 Å². The van der Waals surface area contributed by atoms with E-state index in [1.54, 1.807) is 0 Å². The first-order valence-electron chi connectivity index (χ1n) is 6.34. The van der Waals surface area contributed by atoms with Crippen molar-refractivity contribution in [1.82, 2.24) is 0 Å². The van der Waals surface area contributed by atoms with Gasteiger partial charge < -0.3 is 19.9 Å². The van der Waals surface area contributed by atoms with Gasteiger partial charge in [0.2, 0.25) is 0 Å². The SMILES string of the molecule is CCOC(CN)CCOCC1CCOCC1. The van der Waals surface area contributed by atoms with Crippen LogP contribution in [0.5, 0.6) is 0 Å². The Labute approximate surface area is 98.4 Å². The number of hydrogen-bond acceptors (Lipinski definition) is 4. The van der Waals surface area contributed by atoms with Gasteiger partial charge in [0.15, 0.2) is 0 Å². The third kappa shape index (κ3) is 5.80. The molecule has 0 amide bonds. The Morgan fingerprint density at radius 2 is 2.12 bits per heavy atom. The summed E-state index contributed by atoms with van der Waals surface area (Å²) in [4.78, 5) is 0. The van der Waals surface area contributed by atoms with Gasteiger partial charge in [-0.2, -0.15) is 0 Å². The first-order chi connectivity index (χ1) is 7.86. The lowest BCUT2D eigenvalue weighted by Crippen LogP contribution is -2.26. The van der Waals surface area contributed by atoms with Crippen LogP contribution in [-0.4, -0.2) is 45.7 Å². The minimum Gasteiger partial charge on any atom is -0.381 e. The minimum absolute atomic E-state index is 0.152. The monoisotopic (exact) mass is 231 g/mol. The van der Waals surface area contributed by atoms with E-state index in [9.17, 15) is 0 Å². The maximum Gasteiger partial charge on any atom is 0.0719 e. The van der Waals surface area contributed by atoms with Crippen molar-refractivity contribution in [2.24, 2.45) is 11.7 Å². The van der Waals surface area contributed by atoms with Gasteiger partial charge in [0.1, 0.15) is 0 Å². The molecular formula is C12H25NO3. The van der Waals surface area contributed by atoms with E-state index in [0.29, 0.717) is 12.5 Å². The Morgan fingerprint density at radius 3 is 2.75 bits per heavy atom. The summed E-state index contributed by atoms with van der Waals surface area (Å²) in [5, 5.41) is 0. The van der Waals surface area contributed by atoms with Crippen LogP contribution in [0.25, 0.3) is 0 Å². The number of rotatable bonds is 8. The third-order valence-corrected chi connectivity index (χ3v) is 2.94. The van der Waals surface area contributed by atoms with E-state index in [0.717, 1.165) is 52.3 Å². The zero-order valence-corrected chi connectivity index (χ0v) is 10.3. The molecule has 4 nitrogen and oxygen atoms in total. The van der Waals surface area contributed by atoms with Crippen LogP contribution >= 0.6 is 0 Å². The Bertz CT molecular complexity index is 154. The second kappa shape index (κ2) is 8.93. The van der Waals surface area contributed by atoms with E-state index < -0.39 is 0 Å². The van der Waals surface area contributed by atoms with E-state index in [2.05, 4.69) is 0 Å². The summed E-state index contributed by atoms with van der Waals surface area (Å²) >= 11 is 0. The predicted octanol–water partition coefficient (Wildman–Crippen LogP) is 1.18. The van der Waals surface area contributed by atoms with Crippen LogP contribution in [0, 0.1) is 5.92 Å². The van der Waals surface area contributed by atoms with E-state index in [1.807, 2.05) is 6.92 Å². The second-order valence-electron chi connectivity index (χ2n) is 4.23. The van der Waals surface area contributed by atoms with E-state index in [1.165, 1.54) is 0 Å². The maximum atomic E-state index is 5.66. The largest absolute Gasteiger partial charge is 0.381 e. The molecule has 1 aliphatic heterocycles. The topological polar surface area (TPSA) is 53.7 Å². The molecule has 1 heterocycles. The smallest absolute Gasteiger partial charge is 0.0719 e. The third-order valence-electron chi connectivity index (χ3n) is 2.94. The van der Waals surface area contributed by atoms with Crippen molar-refractivity contribution in [2.75, 3.05) is 39.6 Å². The zero-order valence-electron chi connectivity index (χ0n) is 10.3. The fourth-order valence-electron chi connectivity index (χ4n) is 1.88. The first-order valence-corrected chi connectivity index (χ1v) is 6.34. The molecule has 0 aliphatic carbocycles. The van der Waals surface area contributed by atoms with E-state index in [4.69, 9.17) is 19.9 Å². The standard InChI is InChI=1S/C12H25NO3/c1-2-16-12(9-13)5-8-15-10-11-3-6-14-7-4-11/h11-12H,2-10,13H2,1H3. The highest BCUT2D eigenvalue weighted by Gasteiger charge is 2.14. The highest BCUT2D eigenvalue weighted by molar-refractivity contribution is 4.63. The van der Waals surface area contributed by atoms with Gasteiger partial charge in [-0.05, 0) is 32.1 Å². The Morgan fingerprint density at radius 1 is 1.38 bits per heavy atom. The van der Waals surface area contributed by atoms with E-state index >= 15 is 0 Å². The van der Waals surface area contributed by atoms with E-state index in [-0.39, 0.29) is 6.10 Å². The van der Waals surface area contributed by atoms with Gasteiger partial charge in [0.05, 0.1) is 6.10 Å². The highest BCUT2D eigenvalue weighted by Crippen LogP contribution is 2.14. The lowest BCUT2D eigenvalue weighted by atomic mass is 10.0. The van der Waals surface area contributed by atoms with Gasteiger partial charge in [-0.25, -0.2) is 0 Å². The molecule has 0 saturated carbocycles. The fraction of sp³-hybridized carbons (Fsp3) is 1.00. The first kappa shape index (κ1) is 13.9. The molecule has 0 radical (unpaired) electrons. The van der Waals surface area contributed by atoms with Gasteiger partial charge >= 0.3 is 0 Å². The zero-order chi connectivity index (χ0) is 11.6. The van der Waals surface area contributed by atoms with Gasteiger partial charge in [0.25, 0.3) is 0 Å². The van der Waals surface area contributed by atoms with Crippen LogP contribution in [-0.2, 0) is 14.2 Å². The van der Waals surface area contributed by atoms with Gasteiger partial charge in [-0.1, -0.05) is 0 Å². The summed E-state index contributed by atoms with van der Waals surface area (Å²) in [6.45, 7) is 6.67. The van der Waals surface area contributed by atoms with Crippen molar-refractivity contribution < 1.29 is 14.2 Å². The molecule has 16 heavy (non-hydrogen) atoms. The molecule has 1 aliphatic rings. The fourth-order valence-corrected chi connectivity index (χ4v) is 1.88. The Kier molecular flexibility index (Phi) is 7.76. The average molecular weight is 231 g/mol. The van der Waals surface area contributed by atoms with Crippen molar-refractivity contribution in [3.05, 3.63) is 0 Å². The molecule has 1 atom stereocenters. The lowest BCUT2D eigenvalue weighted by Gasteiger charge is -2.22. The van der Waals surface area contributed by atoms with Crippen LogP contribution in [0.1, 0.15) is 26.2 Å².